The van der Waals surface area contributed by atoms with Crippen molar-refractivity contribution in [2.45, 2.75) is 131 Å². The van der Waals surface area contributed by atoms with Crippen LogP contribution in [0.25, 0.3) is 0 Å². The second-order valence-electron chi connectivity index (χ2n) is 13.1. The zero-order valence-corrected chi connectivity index (χ0v) is 28.0. The highest BCUT2D eigenvalue weighted by Crippen LogP contribution is 2.43. The van der Waals surface area contributed by atoms with Crippen LogP contribution < -0.4 is 14.9 Å². The Morgan fingerprint density at radius 3 is 2.23 bits per heavy atom. The molecule has 0 radical (unpaired) electrons. The van der Waals surface area contributed by atoms with Crippen LogP contribution in [0.3, 0.4) is 0 Å². The molecule has 0 aliphatic heterocycles. The van der Waals surface area contributed by atoms with E-state index in [1.54, 1.807) is 0 Å². The lowest BCUT2D eigenvalue weighted by atomic mass is 9.94. The second-order valence-corrected chi connectivity index (χ2v) is 17.8. The molecule has 226 valence electrons. The summed E-state index contributed by atoms with van der Waals surface area (Å²) in [4.78, 5) is 25.9. The predicted octanol–water partition coefficient (Wildman–Crippen LogP) is 8.63. The summed E-state index contributed by atoms with van der Waals surface area (Å²) in [5.41, 5.74) is 9.86. The Bertz CT molecular complexity index is 1080. The highest BCUT2D eigenvalue weighted by Gasteiger charge is 2.40. The maximum atomic E-state index is 13.2. The molecule has 0 aliphatic carbocycles. The van der Waals surface area contributed by atoms with Gasteiger partial charge in [0.25, 0.3) is 0 Å². The lowest BCUT2D eigenvalue weighted by Crippen LogP contribution is -2.44. The van der Waals surface area contributed by atoms with Gasteiger partial charge in [-0.15, -0.1) is 0 Å². The molecule has 1 atom stereocenters. The van der Waals surface area contributed by atoms with Gasteiger partial charge < -0.3 is 20.0 Å². The topological polar surface area (TPSA) is 98.9 Å². The van der Waals surface area contributed by atoms with Crippen molar-refractivity contribution in [3.05, 3.63) is 46.1 Å². The first kappa shape index (κ1) is 35.6. The van der Waals surface area contributed by atoms with Crippen LogP contribution in [0.2, 0.25) is 18.1 Å². The summed E-state index contributed by atoms with van der Waals surface area (Å²) in [6.07, 6.45) is 9.87. The van der Waals surface area contributed by atoms with Crippen LogP contribution in [0.4, 0.5) is 0 Å². The molecule has 1 aromatic carbocycles. The average molecular weight is 574 g/mol. The summed E-state index contributed by atoms with van der Waals surface area (Å²) < 4.78 is 12.8. The van der Waals surface area contributed by atoms with Gasteiger partial charge in [0.15, 0.2) is 5.75 Å². The van der Waals surface area contributed by atoms with Gasteiger partial charge >= 0.3 is 11.9 Å². The molecule has 0 saturated carbocycles. The minimum absolute atomic E-state index is 0.0357. The van der Waals surface area contributed by atoms with Gasteiger partial charge in [-0.3, -0.25) is 0 Å². The Labute approximate surface area is 244 Å². The molecular weight excluding hydrogens is 518 g/mol. The molecule has 3 N–H and O–H groups in total. The fraction of sp³-hybridized carbons (Fsp3) is 0.636. The molecule has 0 amide bonds. The number of hydrogen-bond donors (Lipinski definition) is 2. The molecule has 1 rings (SSSR count). The number of aryl methyl sites for hydroxylation is 1. The van der Waals surface area contributed by atoms with Gasteiger partial charge in [-0.05, 0) is 88.6 Å². The molecule has 0 saturated heterocycles. The zero-order chi connectivity index (χ0) is 30.8. The molecule has 0 bridgehead atoms. The molecule has 1 unspecified atom stereocenters. The van der Waals surface area contributed by atoms with Crippen LogP contribution in [0.15, 0.2) is 29.4 Å². The number of unbranched alkanes of at least 4 members (excludes halogenated alkanes) is 2. The normalized spacial score (nSPS) is 13.3. The van der Waals surface area contributed by atoms with Crippen molar-refractivity contribution in [1.29, 1.82) is 0 Å². The van der Waals surface area contributed by atoms with E-state index in [0.29, 0.717) is 29.7 Å². The van der Waals surface area contributed by atoms with Gasteiger partial charge in [-0.1, -0.05) is 77.7 Å². The maximum absolute atomic E-state index is 13.2. The first-order valence-electron chi connectivity index (χ1n) is 14.8. The Balaban J connectivity index is 3.91. The summed E-state index contributed by atoms with van der Waals surface area (Å²) in [6.45, 7) is 22.9. The number of esters is 1. The van der Waals surface area contributed by atoms with Gasteiger partial charge in [-0.25, -0.2) is 9.59 Å². The van der Waals surface area contributed by atoms with E-state index in [1.165, 1.54) is 11.1 Å². The van der Waals surface area contributed by atoms with Gasteiger partial charge in [0, 0.05) is 5.56 Å². The summed E-state index contributed by atoms with van der Waals surface area (Å²) in [6, 6.07) is 1.02. The smallest absolute Gasteiger partial charge is 0.339 e. The van der Waals surface area contributed by atoms with Crippen molar-refractivity contribution in [1.82, 2.24) is 0 Å². The summed E-state index contributed by atoms with van der Waals surface area (Å²) in [5.74, 6) is -1.22. The van der Waals surface area contributed by atoms with E-state index in [-0.39, 0.29) is 22.3 Å². The van der Waals surface area contributed by atoms with E-state index in [0.717, 1.165) is 32.1 Å². The molecule has 0 fully saturated rings. The van der Waals surface area contributed by atoms with Crippen LogP contribution in [0, 0.1) is 5.92 Å². The molecular formula is C33H55NO5Si. The van der Waals surface area contributed by atoms with Crippen LogP contribution in [-0.4, -0.2) is 31.4 Å². The number of carboxylic acid groups (broad SMARTS) is 1. The Morgan fingerprint density at radius 2 is 1.73 bits per heavy atom. The maximum Gasteiger partial charge on any atom is 0.339 e. The standard InChI is InChI=1S/C33H55NO5Si/c1-12-13-14-18-25-21-27(39-40(10,11)33(7,8)9)26(20-19-24(6)17-15-16-22(2)3)30(28(25)31(35)36)38-32(37)29(34)23(4)5/h16,19,21,23,29H,12-15,17-18,20,34H2,1-11H3,(H,35,36)/b24-19+. The number of allylic oxidation sites excluding steroid dienone is 4. The average Bonchev–Trinajstić information content (AvgIpc) is 2.81. The molecule has 0 aliphatic rings. The first-order chi connectivity index (χ1) is 18.4. The summed E-state index contributed by atoms with van der Waals surface area (Å²) in [5, 5.41) is 10.3. The fourth-order valence-corrected chi connectivity index (χ4v) is 4.99. The number of benzene rings is 1. The number of carbonyl (C=O) groups is 2. The quantitative estimate of drug-likeness (QED) is 0.0716. The third kappa shape index (κ3) is 10.5. The molecule has 7 heteroatoms. The third-order valence-electron chi connectivity index (χ3n) is 7.80. The number of ether oxygens (including phenoxy) is 1. The van der Waals surface area contributed by atoms with E-state index < -0.39 is 26.3 Å². The largest absolute Gasteiger partial charge is 0.543 e. The van der Waals surface area contributed by atoms with Gasteiger partial charge in [-0.2, -0.15) is 0 Å². The minimum Gasteiger partial charge on any atom is -0.543 e. The number of aromatic carboxylic acids is 1. The van der Waals surface area contributed by atoms with E-state index in [4.69, 9.17) is 14.9 Å². The SMILES string of the molecule is CCCCCc1cc(O[Si](C)(C)C(C)(C)C)c(C/C=C(\C)CCC=C(C)C)c(OC(=O)C(N)C(C)C)c1C(=O)O. The van der Waals surface area contributed by atoms with Crippen molar-refractivity contribution >= 4 is 20.3 Å². The number of carboxylic acids is 1. The zero-order valence-electron chi connectivity index (χ0n) is 27.0. The molecule has 6 nitrogen and oxygen atoms in total. The molecule has 0 aromatic heterocycles. The highest BCUT2D eigenvalue weighted by molar-refractivity contribution is 6.74. The molecule has 0 spiro atoms. The number of nitrogens with two attached hydrogens (primary N) is 1. The Hall–Kier alpha value is -2.38. The lowest BCUT2D eigenvalue weighted by Gasteiger charge is -2.37. The molecule has 0 heterocycles. The number of rotatable bonds is 15. The van der Waals surface area contributed by atoms with Gasteiger partial charge in [0.1, 0.15) is 17.4 Å². The third-order valence-corrected chi connectivity index (χ3v) is 12.1. The van der Waals surface area contributed by atoms with Crippen LogP contribution in [0.5, 0.6) is 11.5 Å². The Morgan fingerprint density at radius 1 is 1.10 bits per heavy atom. The van der Waals surface area contributed by atoms with E-state index in [2.05, 4.69) is 73.7 Å². The van der Waals surface area contributed by atoms with Crippen LogP contribution in [0.1, 0.15) is 116 Å². The summed E-state index contributed by atoms with van der Waals surface area (Å²) in [7, 11) is -2.32. The van der Waals surface area contributed by atoms with E-state index in [9.17, 15) is 14.7 Å². The monoisotopic (exact) mass is 573 g/mol. The van der Waals surface area contributed by atoms with Crippen molar-refractivity contribution < 1.29 is 23.9 Å². The van der Waals surface area contributed by atoms with E-state index in [1.807, 2.05) is 19.9 Å². The van der Waals surface area contributed by atoms with Crippen molar-refractivity contribution in [2.24, 2.45) is 11.7 Å². The number of hydrogen-bond acceptors (Lipinski definition) is 5. The second kappa shape index (κ2) is 15.6. The fourth-order valence-electron chi connectivity index (χ4n) is 3.96. The van der Waals surface area contributed by atoms with E-state index >= 15 is 0 Å². The van der Waals surface area contributed by atoms with Crippen molar-refractivity contribution in [3.8, 4) is 11.5 Å². The molecule has 40 heavy (non-hydrogen) atoms. The Kier molecular flexibility index (Phi) is 13.9. The number of carbonyl (C=O) groups excluding carboxylic acids is 1. The van der Waals surface area contributed by atoms with Crippen LogP contribution in [-0.2, 0) is 17.6 Å². The minimum atomic E-state index is -2.32. The van der Waals surface area contributed by atoms with Crippen molar-refractivity contribution in [3.63, 3.8) is 0 Å². The highest BCUT2D eigenvalue weighted by atomic mass is 28.4. The van der Waals surface area contributed by atoms with Gasteiger partial charge in [0.2, 0.25) is 8.32 Å². The summed E-state index contributed by atoms with van der Waals surface area (Å²) >= 11 is 0. The molecule has 1 aromatic rings. The van der Waals surface area contributed by atoms with Crippen molar-refractivity contribution in [2.75, 3.05) is 0 Å². The predicted molar refractivity (Wildman–Crippen MR) is 169 cm³/mol. The van der Waals surface area contributed by atoms with Crippen LogP contribution >= 0.6 is 0 Å². The lowest BCUT2D eigenvalue weighted by molar-refractivity contribution is -0.136. The first-order valence-corrected chi connectivity index (χ1v) is 17.7. The van der Waals surface area contributed by atoms with Gasteiger partial charge in [0.05, 0.1) is 0 Å².